The maximum atomic E-state index is 12.2. The Kier molecular flexibility index (Phi) is 7.37. The van der Waals surface area contributed by atoms with Gasteiger partial charge in [0.05, 0.1) is 29.7 Å². The summed E-state index contributed by atoms with van der Waals surface area (Å²) in [5.41, 5.74) is 3.83. The van der Waals surface area contributed by atoms with E-state index in [2.05, 4.69) is 31.8 Å². The molecular formula is C26H28N8O. The molecule has 0 saturated heterocycles. The van der Waals surface area contributed by atoms with Crippen LogP contribution in [-0.2, 0) is 6.54 Å². The van der Waals surface area contributed by atoms with Crippen LogP contribution < -0.4 is 10.6 Å². The lowest BCUT2D eigenvalue weighted by Gasteiger charge is -2.24. The summed E-state index contributed by atoms with van der Waals surface area (Å²) in [7, 11) is 0. The van der Waals surface area contributed by atoms with E-state index < -0.39 is 6.04 Å². The number of benzene rings is 1. The molecule has 9 nitrogen and oxygen atoms in total. The number of nitriles is 2. The predicted molar refractivity (Wildman–Crippen MR) is 131 cm³/mol. The average Bonchev–Trinajstić information content (AvgIpc) is 3.32. The number of hydrogen-bond acceptors (Lipinski definition) is 7. The van der Waals surface area contributed by atoms with E-state index in [-0.39, 0.29) is 11.8 Å². The number of nitrogens with zero attached hydrogens (tertiary/aromatic N) is 6. The Balaban J connectivity index is 1.42. The van der Waals surface area contributed by atoms with E-state index in [1.54, 1.807) is 31.5 Å². The minimum Gasteiger partial charge on any atom is -0.337 e. The third kappa shape index (κ3) is 6.01. The molecule has 1 saturated carbocycles. The summed E-state index contributed by atoms with van der Waals surface area (Å²) in [6.07, 6.45) is 9.54. The van der Waals surface area contributed by atoms with E-state index in [1.807, 2.05) is 36.0 Å². The highest BCUT2D eigenvalue weighted by Gasteiger charge is 2.21. The SMILES string of the molecule is Cc1cnc(Nc2cnn(CC3CCC(C#N)CC3)c2)nc1-c1ccc(C(=O)N[C@@H](C)C#N)cc1. The zero-order valence-corrected chi connectivity index (χ0v) is 19.9. The van der Waals surface area contributed by atoms with Crippen LogP contribution in [0.25, 0.3) is 11.3 Å². The smallest absolute Gasteiger partial charge is 0.252 e. The van der Waals surface area contributed by atoms with Crippen LogP contribution >= 0.6 is 0 Å². The van der Waals surface area contributed by atoms with Crippen LogP contribution in [0.1, 0.15) is 48.5 Å². The summed E-state index contributed by atoms with van der Waals surface area (Å²) in [6.45, 7) is 4.41. The second-order valence-electron chi connectivity index (χ2n) is 9.05. The quantitative estimate of drug-likeness (QED) is 0.526. The van der Waals surface area contributed by atoms with Crippen LogP contribution in [0.5, 0.6) is 0 Å². The van der Waals surface area contributed by atoms with E-state index in [0.717, 1.165) is 54.7 Å². The molecule has 178 valence electrons. The molecule has 0 aliphatic heterocycles. The molecule has 0 bridgehead atoms. The van der Waals surface area contributed by atoms with Crippen molar-refractivity contribution in [2.45, 2.75) is 52.1 Å². The number of aromatic nitrogens is 4. The number of hydrogen-bond donors (Lipinski definition) is 2. The van der Waals surface area contributed by atoms with Crippen molar-refractivity contribution < 1.29 is 4.79 Å². The molecule has 3 aromatic rings. The molecule has 0 unspecified atom stereocenters. The van der Waals surface area contributed by atoms with Gasteiger partial charge in [-0.05, 0) is 63.1 Å². The number of carbonyl (C=O) groups excluding carboxylic acids is 1. The molecule has 1 atom stereocenters. The highest BCUT2D eigenvalue weighted by molar-refractivity contribution is 5.95. The monoisotopic (exact) mass is 468 g/mol. The Morgan fingerprint density at radius 1 is 1.17 bits per heavy atom. The second-order valence-corrected chi connectivity index (χ2v) is 9.05. The fourth-order valence-electron chi connectivity index (χ4n) is 4.28. The van der Waals surface area contributed by atoms with Crippen molar-refractivity contribution >= 4 is 17.5 Å². The van der Waals surface area contributed by atoms with Crippen LogP contribution in [0.15, 0.2) is 42.9 Å². The van der Waals surface area contributed by atoms with Gasteiger partial charge in [-0.2, -0.15) is 15.6 Å². The van der Waals surface area contributed by atoms with Gasteiger partial charge in [0, 0.05) is 36.0 Å². The predicted octanol–water partition coefficient (Wildman–Crippen LogP) is 4.36. The first kappa shape index (κ1) is 23.9. The number of nitrogens with one attached hydrogen (secondary N) is 2. The van der Waals surface area contributed by atoms with Crippen molar-refractivity contribution in [3.63, 3.8) is 0 Å². The summed E-state index contributed by atoms with van der Waals surface area (Å²) < 4.78 is 1.94. The molecule has 1 aliphatic rings. The Morgan fingerprint density at radius 2 is 1.91 bits per heavy atom. The molecule has 35 heavy (non-hydrogen) atoms. The summed E-state index contributed by atoms with van der Waals surface area (Å²) in [5.74, 6) is 0.921. The Labute approximate surface area is 204 Å². The normalized spacial score (nSPS) is 18.2. The summed E-state index contributed by atoms with van der Waals surface area (Å²) in [6, 6.07) is 10.9. The van der Waals surface area contributed by atoms with Crippen molar-refractivity contribution in [2.75, 3.05) is 5.32 Å². The van der Waals surface area contributed by atoms with Crippen molar-refractivity contribution in [1.82, 2.24) is 25.1 Å². The average molecular weight is 469 g/mol. The van der Waals surface area contributed by atoms with Crippen molar-refractivity contribution in [3.8, 4) is 23.4 Å². The first-order chi connectivity index (χ1) is 16.9. The van der Waals surface area contributed by atoms with Gasteiger partial charge in [-0.3, -0.25) is 9.48 Å². The Hall–Kier alpha value is -4.24. The lowest BCUT2D eigenvalue weighted by atomic mass is 9.83. The summed E-state index contributed by atoms with van der Waals surface area (Å²) in [4.78, 5) is 21.3. The van der Waals surface area contributed by atoms with Gasteiger partial charge in [-0.1, -0.05) is 12.1 Å². The molecule has 2 aromatic heterocycles. The van der Waals surface area contributed by atoms with Crippen molar-refractivity contribution in [1.29, 1.82) is 10.5 Å². The van der Waals surface area contributed by atoms with Gasteiger partial charge in [0.15, 0.2) is 0 Å². The van der Waals surface area contributed by atoms with Crippen LogP contribution in [-0.4, -0.2) is 31.7 Å². The fourth-order valence-corrected chi connectivity index (χ4v) is 4.28. The molecule has 0 spiro atoms. The van der Waals surface area contributed by atoms with E-state index in [9.17, 15) is 4.79 Å². The summed E-state index contributed by atoms with van der Waals surface area (Å²) >= 11 is 0. The van der Waals surface area contributed by atoms with E-state index in [4.69, 9.17) is 10.5 Å². The maximum Gasteiger partial charge on any atom is 0.252 e. The lowest BCUT2D eigenvalue weighted by molar-refractivity contribution is 0.0948. The van der Waals surface area contributed by atoms with E-state index in [0.29, 0.717) is 17.4 Å². The van der Waals surface area contributed by atoms with Gasteiger partial charge in [-0.15, -0.1) is 0 Å². The number of aryl methyl sites for hydroxylation is 1. The Bertz CT molecular complexity index is 1260. The molecule has 4 rings (SSSR count). The molecule has 0 radical (unpaired) electrons. The zero-order valence-electron chi connectivity index (χ0n) is 19.9. The maximum absolute atomic E-state index is 12.2. The van der Waals surface area contributed by atoms with Crippen molar-refractivity contribution in [3.05, 3.63) is 54.0 Å². The topological polar surface area (TPSA) is 132 Å². The molecule has 1 aromatic carbocycles. The number of amides is 1. The minimum atomic E-state index is -0.553. The van der Waals surface area contributed by atoms with E-state index in [1.165, 1.54) is 0 Å². The van der Waals surface area contributed by atoms with Gasteiger partial charge in [0.25, 0.3) is 5.91 Å². The molecule has 1 amide bonds. The van der Waals surface area contributed by atoms with Gasteiger partial charge >= 0.3 is 0 Å². The van der Waals surface area contributed by atoms with Gasteiger partial charge in [0.2, 0.25) is 5.95 Å². The number of rotatable bonds is 7. The van der Waals surface area contributed by atoms with Crippen LogP contribution in [0.2, 0.25) is 0 Å². The van der Waals surface area contributed by atoms with Gasteiger partial charge in [-0.25, -0.2) is 9.97 Å². The highest BCUT2D eigenvalue weighted by atomic mass is 16.1. The molecule has 2 heterocycles. The molecule has 2 N–H and O–H groups in total. The first-order valence-electron chi connectivity index (χ1n) is 11.8. The summed E-state index contributed by atoms with van der Waals surface area (Å²) in [5, 5.41) is 28.3. The number of anilines is 2. The third-order valence-electron chi connectivity index (χ3n) is 6.30. The van der Waals surface area contributed by atoms with E-state index >= 15 is 0 Å². The molecule has 1 aliphatic carbocycles. The zero-order chi connectivity index (χ0) is 24.8. The van der Waals surface area contributed by atoms with Crippen LogP contribution in [0.4, 0.5) is 11.6 Å². The fraction of sp³-hybridized carbons (Fsp3) is 0.385. The third-order valence-corrected chi connectivity index (χ3v) is 6.30. The Morgan fingerprint density at radius 3 is 2.60 bits per heavy atom. The molecular weight excluding hydrogens is 440 g/mol. The second kappa shape index (κ2) is 10.8. The largest absolute Gasteiger partial charge is 0.337 e. The molecule has 9 heteroatoms. The molecule has 1 fully saturated rings. The standard InChI is InChI=1S/C26H28N8O/c1-17-13-29-26(32-23-14-30-34(16-23)15-20-5-3-19(12-28)4-6-20)33-24(17)21-7-9-22(10-8-21)25(35)31-18(2)11-27/h7-10,13-14,16,18-20H,3-6,15H2,1-2H3,(H,31,35)(H,29,32,33)/t18-,19?,20?/m0/s1. The van der Waals surface area contributed by atoms with Crippen LogP contribution in [0.3, 0.4) is 0 Å². The lowest BCUT2D eigenvalue weighted by Crippen LogP contribution is -2.31. The van der Waals surface area contributed by atoms with Gasteiger partial charge in [0.1, 0.15) is 6.04 Å². The van der Waals surface area contributed by atoms with Crippen molar-refractivity contribution in [2.24, 2.45) is 11.8 Å². The minimum absolute atomic E-state index is 0.203. The highest BCUT2D eigenvalue weighted by Crippen LogP contribution is 2.29. The van der Waals surface area contributed by atoms with Gasteiger partial charge < -0.3 is 10.6 Å². The van der Waals surface area contributed by atoms with Crippen LogP contribution in [0, 0.1) is 41.4 Å². The number of carbonyl (C=O) groups is 1. The first-order valence-corrected chi connectivity index (χ1v) is 11.8.